The molecule has 0 fully saturated rings. The number of hydrogen-bond acceptors (Lipinski definition) is 3. The van der Waals surface area contributed by atoms with E-state index in [1.165, 1.54) is 22.3 Å². The van der Waals surface area contributed by atoms with Crippen molar-refractivity contribution in [3.63, 3.8) is 0 Å². The van der Waals surface area contributed by atoms with E-state index in [0.717, 1.165) is 17.2 Å². The lowest BCUT2D eigenvalue weighted by molar-refractivity contribution is 0.660. The lowest BCUT2D eigenvalue weighted by Crippen LogP contribution is -2.25. The molecule has 142 valence electrons. The number of pyridine rings is 1. The summed E-state index contributed by atoms with van der Waals surface area (Å²) in [6.07, 6.45) is 1.80. The molecule has 1 aliphatic carbocycles. The van der Waals surface area contributed by atoms with Crippen molar-refractivity contribution in [2.45, 2.75) is 19.3 Å². The molecule has 0 unspecified atom stereocenters. The largest absolute Gasteiger partial charge is 0.277 e. The fourth-order valence-corrected chi connectivity index (χ4v) is 4.23. The van der Waals surface area contributed by atoms with Crippen LogP contribution in [-0.2, 0) is 5.41 Å². The Bertz CT molecular complexity index is 1150. The van der Waals surface area contributed by atoms with Crippen molar-refractivity contribution < 1.29 is 0 Å². The van der Waals surface area contributed by atoms with Gasteiger partial charge in [0.1, 0.15) is 5.82 Å². The smallest absolute Gasteiger partial charge is 0.144 e. The van der Waals surface area contributed by atoms with E-state index in [-0.39, 0.29) is 5.41 Å². The van der Waals surface area contributed by atoms with Crippen LogP contribution in [0.4, 0.5) is 17.2 Å². The average Bonchev–Trinajstić information content (AvgIpc) is 3.00. The summed E-state index contributed by atoms with van der Waals surface area (Å²) in [5, 5.41) is 2.10. The Balaban J connectivity index is 1.62. The summed E-state index contributed by atoms with van der Waals surface area (Å²) in [6, 6.07) is 31.7. The minimum atomic E-state index is -0.0324. The first-order valence-corrected chi connectivity index (χ1v) is 9.92. The molecule has 29 heavy (non-hydrogen) atoms. The number of anilines is 3. The topological polar surface area (TPSA) is 28.2 Å². The zero-order chi connectivity index (χ0) is 19.8. The maximum absolute atomic E-state index is 4.45. The van der Waals surface area contributed by atoms with Crippen LogP contribution in [0.2, 0.25) is 0 Å². The molecule has 0 radical (unpaired) electrons. The predicted octanol–water partition coefficient (Wildman–Crippen LogP) is 6.55. The van der Waals surface area contributed by atoms with Crippen molar-refractivity contribution in [1.82, 2.24) is 4.98 Å². The summed E-state index contributed by atoms with van der Waals surface area (Å²) in [5.41, 5.74) is 11.0. The molecule has 0 saturated carbocycles. The highest BCUT2D eigenvalue weighted by molar-refractivity contribution is 5.83. The number of fused-ring (bicyclic) bond motifs is 3. The second kappa shape index (κ2) is 6.78. The Labute approximate surface area is 171 Å². The zero-order valence-electron chi connectivity index (χ0n) is 16.6. The van der Waals surface area contributed by atoms with Gasteiger partial charge in [0.15, 0.2) is 0 Å². The second-order valence-corrected chi connectivity index (χ2v) is 7.90. The maximum atomic E-state index is 4.45. The van der Waals surface area contributed by atoms with E-state index >= 15 is 0 Å². The summed E-state index contributed by atoms with van der Waals surface area (Å²) in [7, 11) is 0. The number of rotatable bonds is 4. The van der Waals surface area contributed by atoms with Crippen molar-refractivity contribution >= 4 is 17.2 Å². The average molecular weight is 377 g/mol. The third kappa shape index (κ3) is 2.95. The van der Waals surface area contributed by atoms with Gasteiger partial charge < -0.3 is 0 Å². The molecule has 1 aromatic heterocycles. The third-order valence-corrected chi connectivity index (χ3v) is 5.73. The number of hydrogen-bond donors (Lipinski definition) is 1. The minimum absolute atomic E-state index is 0.0324. The van der Waals surface area contributed by atoms with Gasteiger partial charge in [-0.15, -0.1) is 0 Å². The molecular formula is C26H23N3. The van der Waals surface area contributed by atoms with E-state index in [1.807, 2.05) is 24.3 Å². The molecule has 0 amide bonds. The lowest BCUT2D eigenvalue weighted by Gasteiger charge is -2.28. The zero-order valence-corrected chi connectivity index (χ0v) is 16.6. The van der Waals surface area contributed by atoms with Gasteiger partial charge >= 0.3 is 0 Å². The molecule has 3 aromatic carbocycles. The Morgan fingerprint density at radius 1 is 0.690 bits per heavy atom. The standard InChI is InChI=1S/C26H23N3/c1-26(2)23-13-7-6-12-21(23)22-16-15-20(18-24(22)26)29(19-10-4-3-5-11-19)28-25-14-8-9-17-27-25/h3-18H,1-2H3,(H,27,28). The molecule has 3 nitrogen and oxygen atoms in total. The summed E-state index contributed by atoms with van der Waals surface area (Å²) < 4.78 is 0. The van der Waals surface area contributed by atoms with Gasteiger partial charge in [-0.2, -0.15) is 0 Å². The summed E-state index contributed by atoms with van der Waals surface area (Å²) in [6.45, 7) is 4.61. The monoisotopic (exact) mass is 377 g/mol. The minimum Gasteiger partial charge on any atom is -0.277 e. The third-order valence-electron chi connectivity index (χ3n) is 5.73. The van der Waals surface area contributed by atoms with Crippen LogP contribution in [0.3, 0.4) is 0 Å². The highest BCUT2D eigenvalue weighted by Gasteiger charge is 2.35. The van der Waals surface area contributed by atoms with E-state index in [4.69, 9.17) is 0 Å². The fourth-order valence-electron chi connectivity index (χ4n) is 4.23. The lowest BCUT2D eigenvalue weighted by atomic mass is 9.82. The van der Waals surface area contributed by atoms with Gasteiger partial charge in [0.25, 0.3) is 0 Å². The normalized spacial score (nSPS) is 13.4. The number of benzene rings is 3. The first kappa shape index (κ1) is 17.5. The Hall–Kier alpha value is -3.59. The molecule has 0 saturated heterocycles. The molecule has 3 heteroatoms. The number of aromatic nitrogens is 1. The predicted molar refractivity (Wildman–Crippen MR) is 120 cm³/mol. The van der Waals surface area contributed by atoms with Crippen LogP contribution in [-0.4, -0.2) is 4.98 Å². The molecule has 0 atom stereocenters. The highest BCUT2D eigenvalue weighted by Crippen LogP contribution is 2.49. The van der Waals surface area contributed by atoms with Crippen LogP contribution in [0.25, 0.3) is 11.1 Å². The van der Waals surface area contributed by atoms with Crippen LogP contribution < -0.4 is 10.4 Å². The molecule has 1 N–H and O–H groups in total. The van der Waals surface area contributed by atoms with Crippen LogP contribution in [0.5, 0.6) is 0 Å². The molecule has 0 aliphatic heterocycles. The van der Waals surface area contributed by atoms with E-state index in [1.54, 1.807) is 6.20 Å². The molecular weight excluding hydrogens is 354 g/mol. The van der Waals surface area contributed by atoms with Crippen LogP contribution in [0.1, 0.15) is 25.0 Å². The quantitative estimate of drug-likeness (QED) is 0.409. The second-order valence-electron chi connectivity index (χ2n) is 7.90. The highest BCUT2D eigenvalue weighted by atomic mass is 15.5. The maximum Gasteiger partial charge on any atom is 0.144 e. The van der Waals surface area contributed by atoms with Crippen molar-refractivity contribution in [3.8, 4) is 11.1 Å². The van der Waals surface area contributed by atoms with E-state index in [0.29, 0.717) is 0 Å². The number of nitrogens with zero attached hydrogens (tertiary/aromatic N) is 2. The molecule has 0 bridgehead atoms. The number of para-hydroxylation sites is 1. The van der Waals surface area contributed by atoms with E-state index in [9.17, 15) is 0 Å². The van der Waals surface area contributed by atoms with Gasteiger partial charge in [-0.25, -0.2) is 4.98 Å². The number of nitrogens with one attached hydrogen (secondary N) is 1. The van der Waals surface area contributed by atoms with Gasteiger partial charge in [-0.05, 0) is 58.7 Å². The van der Waals surface area contributed by atoms with Gasteiger partial charge in [-0.3, -0.25) is 10.4 Å². The number of hydrazine groups is 1. The molecule has 4 aromatic rings. The van der Waals surface area contributed by atoms with Crippen molar-refractivity contribution in [3.05, 3.63) is 108 Å². The summed E-state index contributed by atoms with van der Waals surface area (Å²) in [4.78, 5) is 4.45. The SMILES string of the molecule is CC1(C)c2ccccc2-c2ccc(N(Nc3ccccn3)c3ccccc3)cc21. The molecule has 1 aliphatic rings. The van der Waals surface area contributed by atoms with Gasteiger partial charge in [0, 0.05) is 11.6 Å². The van der Waals surface area contributed by atoms with Gasteiger partial charge in [-0.1, -0.05) is 68.4 Å². The van der Waals surface area contributed by atoms with Gasteiger partial charge in [0.2, 0.25) is 0 Å². The Kier molecular flexibility index (Phi) is 4.09. The van der Waals surface area contributed by atoms with E-state index in [2.05, 4.69) is 96.0 Å². The van der Waals surface area contributed by atoms with Crippen molar-refractivity contribution in [1.29, 1.82) is 0 Å². The first-order valence-electron chi connectivity index (χ1n) is 9.92. The Morgan fingerprint density at radius 3 is 2.21 bits per heavy atom. The van der Waals surface area contributed by atoms with Gasteiger partial charge in [0.05, 0.1) is 11.4 Å². The van der Waals surface area contributed by atoms with E-state index < -0.39 is 0 Å². The summed E-state index contributed by atoms with van der Waals surface area (Å²) >= 11 is 0. The van der Waals surface area contributed by atoms with Crippen LogP contribution in [0.15, 0.2) is 97.2 Å². The van der Waals surface area contributed by atoms with Crippen molar-refractivity contribution in [2.24, 2.45) is 0 Å². The molecule has 1 heterocycles. The molecule has 5 rings (SSSR count). The Morgan fingerprint density at radius 2 is 1.41 bits per heavy atom. The van der Waals surface area contributed by atoms with Crippen LogP contribution in [0, 0.1) is 0 Å². The molecule has 0 spiro atoms. The van der Waals surface area contributed by atoms with Crippen molar-refractivity contribution in [2.75, 3.05) is 10.4 Å². The first-order chi connectivity index (χ1) is 14.1. The van der Waals surface area contributed by atoms with Crippen LogP contribution >= 0.6 is 0 Å². The summed E-state index contributed by atoms with van der Waals surface area (Å²) in [5.74, 6) is 0.805. The fraction of sp³-hybridized carbons (Fsp3) is 0.115.